The average molecular weight is 404 g/mol. The summed E-state index contributed by atoms with van der Waals surface area (Å²) in [5, 5.41) is 8.55. The summed E-state index contributed by atoms with van der Waals surface area (Å²) in [5.41, 5.74) is 2.85. The van der Waals surface area contributed by atoms with Crippen LogP contribution < -0.4 is 10.1 Å². The van der Waals surface area contributed by atoms with Crippen molar-refractivity contribution in [3.8, 4) is 5.75 Å². The minimum Gasteiger partial charge on any atom is -0.488 e. The second-order valence-corrected chi connectivity index (χ2v) is 7.21. The van der Waals surface area contributed by atoms with Crippen LogP contribution in [0.3, 0.4) is 0 Å². The Morgan fingerprint density at radius 1 is 1.07 bits per heavy atom. The van der Waals surface area contributed by atoms with Crippen LogP contribution in [0.2, 0.25) is 0 Å². The largest absolute Gasteiger partial charge is 0.488 e. The summed E-state index contributed by atoms with van der Waals surface area (Å²) in [7, 11) is 0. The van der Waals surface area contributed by atoms with Crippen LogP contribution in [0.5, 0.6) is 5.75 Å². The molecule has 0 atom stereocenters. The number of halogens is 1. The second-order valence-electron chi connectivity index (χ2n) is 7.21. The van der Waals surface area contributed by atoms with Gasteiger partial charge in [-0.05, 0) is 61.4 Å². The van der Waals surface area contributed by atoms with Crippen molar-refractivity contribution in [1.82, 2.24) is 5.16 Å². The number of fused-ring (bicyclic) bond motifs is 1. The van der Waals surface area contributed by atoms with E-state index in [1.54, 1.807) is 25.1 Å². The molecule has 4 aromatic rings. The summed E-state index contributed by atoms with van der Waals surface area (Å²) in [6.07, 6.45) is 0. The van der Waals surface area contributed by atoms with E-state index in [0.29, 0.717) is 28.3 Å². The van der Waals surface area contributed by atoms with Crippen LogP contribution in [0.25, 0.3) is 10.8 Å². The van der Waals surface area contributed by atoms with Gasteiger partial charge in [0.2, 0.25) is 0 Å². The second kappa shape index (κ2) is 7.99. The SMILES string of the molecule is Cc1ccc(NC(=O)c2cc3ccccc3cc2OCc2c(C)noc2C)cc1F. The molecule has 0 aliphatic rings. The van der Waals surface area contributed by atoms with E-state index in [0.717, 1.165) is 22.0 Å². The highest BCUT2D eigenvalue weighted by atomic mass is 19.1. The van der Waals surface area contributed by atoms with Gasteiger partial charge in [0.15, 0.2) is 0 Å². The molecule has 30 heavy (non-hydrogen) atoms. The first-order valence-electron chi connectivity index (χ1n) is 9.57. The standard InChI is InChI=1S/C24H21FN2O3/c1-14-8-9-19(12-22(14)25)26-24(28)20-10-17-6-4-5-7-18(17)11-23(20)29-13-21-15(2)27-30-16(21)3/h4-12H,13H2,1-3H3,(H,26,28). The molecular formula is C24H21FN2O3. The van der Waals surface area contributed by atoms with Crippen LogP contribution in [0.1, 0.15) is 32.9 Å². The highest BCUT2D eigenvalue weighted by molar-refractivity contribution is 6.08. The summed E-state index contributed by atoms with van der Waals surface area (Å²) < 4.78 is 25.1. The van der Waals surface area contributed by atoms with Crippen LogP contribution in [0.15, 0.2) is 59.1 Å². The molecule has 0 spiro atoms. The molecule has 0 radical (unpaired) electrons. The fourth-order valence-electron chi connectivity index (χ4n) is 3.24. The Balaban J connectivity index is 1.68. The first-order valence-corrected chi connectivity index (χ1v) is 9.57. The summed E-state index contributed by atoms with van der Waals surface area (Å²) >= 11 is 0. The summed E-state index contributed by atoms with van der Waals surface area (Å²) in [4.78, 5) is 13.0. The summed E-state index contributed by atoms with van der Waals surface area (Å²) in [6.45, 7) is 5.55. The van der Waals surface area contributed by atoms with E-state index in [9.17, 15) is 9.18 Å². The lowest BCUT2D eigenvalue weighted by molar-refractivity contribution is 0.102. The zero-order chi connectivity index (χ0) is 21.3. The highest BCUT2D eigenvalue weighted by Crippen LogP contribution is 2.29. The van der Waals surface area contributed by atoms with Crippen LogP contribution in [-0.4, -0.2) is 11.1 Å². The maximum absolute atomic E-state index is 13.9. The fraction of sp³-hybridized carbons (Fsp3) is 0.167. The molecule has 0 aliphatic carbocycles. The molecule has 1 heterocycles. The van der Waals surface area contributed by atoms with E-state index >= 15 is 0 Å². The minimum absolute atomic E-state index is 0.221. The Labute approximate surface area is 173 Å². The smallest absolute Gasteiger partial charge is 0.259 e. The molecule has 1 N–H and O–H groups in total. The molecule has 152 valence electrons. The van der Waals surface area contributed by atoms with Gasteiger partial charge in [-0.1, -0.05) is 35.5 Å². The molecule has 6 heteroatoms. The van der Waals surface area contributed by atoms with Gasteiger partial charge in [-0.25, -0.2) is 4.39 Å². The Morgan fingerprint density at radius 3 is 2.47 bits per heavy atom. The van der Waals surface area contributed by atoms with Gasteiger partial charge in [0.05, 0.1) is 16.8 Å². The van der Waals surface area contributed by atoms with E-state index in [1.165, 1.54) is 6.07 Å². The van der Waals surface area contributed by atoms with Gasteiger partial charge in [-0.2, -0.15) is 0 Å². The maximum atomic E-state index is 13.9. The normalized spacial score (nSPS) is 10.9. The zero-order valence-electron chi connectivity index (χ0n) is 17.0. The van der Waals surface area contributed by atoms with Crippen molar-refractivity contribution < 1.29 is 18.4 Å². The number of rotatable bonds is 5. The number of carbonyl (C=O) groups is 1. The Morgan fingerprint density at radius 2 is 1.80 bits per heavy atom. The number of nitrogens with one attached hydrogen (secondary N) is 1. The number of carbonyl (C=O) groups excluding carboxylic acids is 1. The molecule has 3 aromatic carbocycles. The van der Waals surface area contributed by atoms with E-state index in [2.05, 4.69) is 10.5 Å². The van der Waals surface area contributed by atoms with Gasteiger partial charge >= 0.3 is 0 Å². The number of ether oxygens (including phenoxy) is 1. The van der Waals surface area contributed by atoms with Crippen LogP contribution in [0, 0.1) is 26.6 Å². The number of amides is 1. The number of aromatic nitrogens is 1. The van der Waals surface area contributed by atoms with E-state index < -0.39 is 0 Å². The van der Waals surface area contributed by atoms with Crippen LogP contribution in [0.4, 0.5) is 10.1 Å². The number of anilines is 1. The molecule has 1 aromatic heterocycles. The maximum Gasteiger partial charge on any atom is 0.259 e. The summed E-state index contributed by atoms with van der Waals surface area (Å²) in [6, 6.07) is 15.9. The van der Waals surface area contributed by atoms with E-state index in [1.807, 2.05) is 44.2 Å². The first-order chi connectivity index (χ1) is 14.4. The molecule has 5 nitrogen and oxygen atoms in total. The molecule has 0 fully saturated rings. The molecule has 1 amide bonds. The van der Waals surface area contributed by atoms with Crippen molar-refractivity contribution in [2.24, 2.45) is 0 Å². The number of hydrogen-bond acceptors (Lipinski definition) is 4. The molecule has 4 rings (SSSR count). The van der Waals surface area contributed by atoms with Gasteiger partial charge < -0.3 is 14.6 Å². The van der Waals surface area contributed by atoms with E-state index in [4.69, 9.17) is 9.26 Å². The monoisotopic (exact) mass is 404 g/mol. The Hall–Kier alpha value is -3.67. The van der Waals surface area contributed by atoms with Gasteiger partial charge in [0, 0.05) is 5.69 Å². The van der Waals surface area contributed by atoms with Crippen molar-refractivity contribution in [2.45, 2.75) is 27.4 Å². The van der Waals surface area contributed by atoms with Crippen molar-refractivity contribution in [2.75, 3.05) is 5.32 Å². The van der Waals surface area contributed by atoms with Gasteiger partial charge in [0.1, 0.15) is 23.9 Å². The van der Waals surface area contributed by atoms with Gasteiger partial charge in [0.25, 0.3) is 5.91 Å². The number of aryl methyl sites for hydroxylation is 3. The Kier molecular flexibility index (Phi) is 5.23. The number of nitrogens with zero attached hydrogens (tertiary/aromatic N) is 1. The third-order valence-electron chi connectivity index (χ3n) is 5.08. The third-order valence-corrected chi connectivity index (χ3v) is 5.08. The molecular weight excluding hydrogens is 383 g/mol. The number of hydrogen-bond donors (Lipinski definition) is 1. The fourth-order valence-corrected chi connectivity index (χ4v) is 3.24. The minimum atomic E-state index is -0.377. The highest BCUT2D eigenvalue weighted by Gasteiger charge is 2.17. The van der Waals surface area contributed by atoms with Crippen molar-refractivity contribution in [1.29, 1.82) is 0 Å². The van der Waals surface area contributed by atoms with Crippen molar-refractivity contribution in [3.63, 3.8) is 0 Å². The summed E-state index contributed by atoms with van der Waals surface area (Å²) in [5.74, 6) is 0.354. The van der Waals surface area contributed by atoms with Gasteiger partial charge in [-0.3, -0.25) is 4.79 Å². The predicted molar refractivity (Wildman–Crippen MR) is 113 cm³/mol. The lowest BCUT2D eigenvalue weighted by Gasteiger charge is -2.14. The predicted octanol–water partition coefficient (Wildman–Crippen LogP) is 5.72. The van der Waals surface area contributed by atoms with Crippen molar-refractivity contribution >= 4 is 22.4 Å². The molecule has 0 unspecified atom stereocenters. The average Bonchev–Trinajstić information content (AvgIpc) is 3.06. The lowest BCUT2D eigenvalue weighted by Crippen LogP contribution is -2.14. The molecule has 0 aliphatic heterocycles. The Bertz CT molecular complexity index is 1230. The third kappa shape index (κ3) is 3.89. The van der Waals surface area contributed by atoms with Crippen LogP contribution in [-0.2, 0) is 6.61 Å². The quantitative estimate of drug-likeness (QED) is 0.462. The van der Waals surface area contributed by atoms with E-state index in [-0.39, 0.29) is 18.3 Å². The number of benzene rings is 3. The molecule has 0 bridgehead atoms. The zero-order valence-corrected chi connectivity index (χ0v) is 17.0. The first kappa shape index (κ1) is 19.6. The lowest BCUT2D eigenvalue weighted by atomic mass is 10.0. The van der Waals surface area contributed by atoms with Gasteiger partial charge in [-0.15, -0.1) is 0 Å². The molecule has 0 saturated heterocycles. The molecule has 0 saturated carbocycles. The van der Waals surface area contributed by atoms with Crippen LogP contribution >= 0.6 is 0 Å². The van der Waals surface area contributed by atoms with Crippen molar-refractivity contribution in [3.05, 3.63) is 88.6 Å². The topological polar surface area (TPSA) is 64.4 Å².